The third-order valence-corrected chi connectivity index (χ3v) is 9.24. The Balaban J connectivity index is 1.37. The Bertz CT molecular complexity index is 2150. The third kappa shape index (κ3) is 4.24. The van der Waals surface area contributed by atoms with E-state index >= 15 is 0 Å². The van der Waals surface area contributed by atoms with E-state index in [2.05, 4.69) is 183 Å². The molecule has 0 aromatic heterocycles. The van der Waals surface area contributed by atoms with Crippen LogP contribution in [-0.4, -0.2) is 0 Å². The normalized spacial score (nSPS) is 13.0. The van der Waals surface area contributed by atoms with Gasteiger partial charge in [-0.05, 0) is 80.0 Å². The van der Waals surface area contributed by atoms with E-state index in [1.807, 2.05) is 0 Å². The molecule has 8 rings (SSSR count). The number of hydrogen-bond donors (Lipinski definition) is 0. The van der Waals surface area contributed by atoms with Crippen LogP contribution in [0, 0.1) is 0 Å². The van der Waals surface area contributed by atoms with Crippen LogP contribution in [0.1, 0.15) is 25.0 Å². The minimum atomic E-state index is -0.0759. The monoisotopic (exact) mass is 563 g/mol. The highest BCUT2D eigenvalue weighted by Gasteiger charge is 2.37. The Hall–Kier alpha value is -5.40. The zero-order valence-electron chi connectivity index (χ0n) is 25.0. The Kier molecular flexibility index (Phi) is 6.20. The predicted octanol–water partition coefficient (Wildman–Crippen LogP) is 11.9. The highest BCUT2D eigenvalue weighted by molar-refractivity contribution is 5.97. The van der Waals surface area contributed by atoms with E-state index in [-0.39, 0.29) is 5.41 Å². The van der Waals surface area contributed by atoms with Gasteiger partial charge < -0.3 is 4.90 Å². The highest BCUT2D eigenvalue weighted by atomic mass is 15.1. The van der Waals surface area contributed by atoms with Crippen LogP contribution < -0.4 is 4.90 Å². The smallest absolute Gasteiger partial charge is 0.0543 e. The van der Waals surface area contributed by atoms with E-state index in [0.29, 0.717) is 0 Å². The van der Waals surface area contributed by atoms with Crippen molar-refractivity contribution in [3.8, 4) is 33.4 Å². The summed E-state index contributed by atoms with van der Waals surface area (Å²) in [6.45, 7) is 4.70. The first kappa shape index (κ1) is 26.2. The van der Waals surface area contributed by atoms with Gasteiger partial charge in [-0.2, -0.15) is 0 Å². The van der Waals surface area contributed by atoms with Gasteiger partial charge in [0.2, 0.25) is 0 Å². The van der Waals surface area contributed by atoms with E-state index in [1.165, 1.54) is 61.0 Å². The van der Waals surface area contributed by atoms with Crippen LogP contribution in [0.25, 0.3) is 44.2 Å². The molecule has 0 saturated carbocycles. The van der Waals surface area contributed by atoms with Crippen molar-refractivity contribution in [3.63, 3.8) is 0 Å². The summed E-state index contributed by atoms with van der Waals surface area (Å²) in [4.78, 5) is 2.46. The summed E-state index contributed by atoms with van der Waals surface area (Å²) < 4.78 is 0. The van der Waals surface area contributed by atoms with E-state index in [9.17, 15) is 0 Å². The largest absolute Gasteiger partial charge is 0.310 e. The van der Waals surface area contributed by atoms with Crippen LogP contribution in [0.15, 0.2) is 164 Å². The second-order valence-electron chi connectivity index (χ2n) is 12.2. The van der Waals surface area contributed by atoms with Crippen molar-refractivity contribution in [1.82, 2.24) is 0 Å². The molecule has 0 aliphatic heterocycles. The van der Waals surface area contributed by atoms with Gasteiger partial charge in [-0.25, -0.2) is 0 Å². The van der Waals surface area contributed by atoms with Gasteiger partial charge in [0, 0.05) is 22.4 Å². The van der Waals surface area contributed by atoms with E-state index in [4.69, 9.17) is 0 Å². The molecule has 210 valence electrons. The maximum Gasteiger partial charge on any atom is 0.0543 e. The van der Waals surface area contributed by atoms with Crippen molar-refractivity contribution < 1.29 is 0 Å². The summed E-state index contributed by atoms with van der Waals surface area (Å²) in [5.41, 5.74) is 13.7. The molecule has 1 heteroatoms. The molecule has 0 N–H and O–H groups in total. The number of anilines is 3. The topological polar surface area (TPSA) is 3.24 Å². The second kappa shape index (κ2) is 10.4. The molecule has 7 aromatic rings. The molecule has 0 spiro atoms. The van der Waals surface area contributed by atoms with Gasteiger partial charge in [-0.15, -0.1) is 0 Å². The SMILES string of the molecule is CC1(C)c2ccccc2-c2c(N(c3cccc(-c4ccccc4-c4ccccc4)c3)c3ccc4ccccc4c3)cccc21. The quantitative estimate of drug-likeness (QED) is 0.201. The average molecular weight is 564 g/mol. The zero-order valence-corrected chi connectivity index (χ0v) is 25.0. The van der Waals surface area contributed by atoms with Crippen molar-refractivity contribution in [3.05, 3.63) is 175 Å². The number of nitrogens with zero attached hydrogens (tertiary/aromatic N) is 1. The van der Waals surface area contributed by atoms with Crippen molar-refractivity contribution in [2.24, 2.45) is 0 Å². The van der Waals surface area contributed by atoms with Gasteiger partial charge in [-0.1, -0.05) is 147 Å². The molecule has 0 heterocycles. The minimum absolute atomic E-state index is 0.0759. The fraction of sp³-hybridized carbons (Fsp3) is 0.0698. The molecular weight excluding hydrogens is 530 g/mol. The van der Waals surface area contributed by atoms with Crippen molar-refractivity contribution in [2.45, 2.75) is 19.3 Å². The lowest BCUT2D eigenvalue weighted by molar-refractivity contribution is 0.660. The van der Waals surface area contributed by atoms with Crippen molar-refractivity contribution in [1.29, 1.82) is 0 Å². The maximum absolute atomic E-state index is 2.46. The van der Waals surface area contributed by atoms with Gasteiger partial charge in [0.1, 0.15) is 0 Å². The van der Waals surface area contributed by atoms with E-state index < -0.39 is 0 Å². The Morgan fingerprint density at radius 3 is 1.82 bits per heavy atom. The number of rotatable bonds is 5. The number of benzene rings is 7. The van der Waals surface area contributed by atoms with Gasteiger partial charge in [-0.3, -0.25) is 0 Å². The van der Waals surface area contributed by atoms with E-state index in [0.717, 1.165) is 11.4 Å². The summed E-state index contributed by atoms with van der Waals surface area (Å²) >= 11 is 0. The maximum atomic E-state index is 2.46. The molecule has 7 aromatic carbocycles. The molecular formula is C43H33N. The van der Waals surface area contributed by atoms with Crippen LogP contribution in [-0.2, 0) is 5.41 Å². The number of hydrogen-bond acceptors (Lipinski definition) is 1. The lowest BCUT2D eigenvalue weighted by Gasteiger charge is -2.29. The lowest BCUT2D eigenvalue weighted by atomic mass is 9.82. The van der Waals surface area contributed by atoms with Crippen molar-refractivity contribution >= 4 is 27.8 Å². The Morgan fingerprint density at radius 2 is 1.00 bits per heavy atom. The summed E-state index contributed by atoms with van der Waals surface area (Å²) in [6.07, 6.45) is 0. The molecule has 1 aliphatic rings. The first-order valence-corrected chi connectivity index (χ1v) is 15.4. The van der Waals surface area contributed by atoms with Gasteiger partial charge in [0.15, 0.2) is 0 Å². The number of fused-ring (bicyclic) bond motifs is 4. The van der Waals surface area contributed by atoms with Crippen LogP contribution >= 0.6 is 0 Å². The highest BCUT2D eigenvalue weighted by Crippen LogP contribution is 2.54. The third-order valence-electron chi connectivity index (χ3n) is 9.24. The molecule has 0 bridgehead atoms. The summed E-state index contributed by atoms with van der Waals surface area (Å²) in [5.74, 6) is 0. The van der Waals surface area contributed by atoms with Gasteiger partial charge in [0.05, 0.1) is 5.69 Å². The fourth-order valence-corrected chi connectivity index (χ4v) is 7.08. The molecule has 0 unspecified atom stereocenters. The molecule has 1 nitrogen and oxygen atoms in total. The standard InChI is InChI=1S/C43H33N/c1-43(2)39-23-11-10-22-38(39)42-40(43)24-13-25-41(42)44(35-27-26-30-14-6-7-17-32(30)28-35)34-19-12-18-33(29-34)37-21-9-8-20-36(37)31-15-4-3-5-16-31/h3-29H,1-2H3. The molecule has 1 aliphatic carbocycles. The Labute approximate surface area is 259 Å². The van der Waals surface area contributed by atoms with E-state index in [1.54, 1.807) is 0 Å². The zero-order chi connectivity index (χ0) is 29.7. The van der Waals surface area contributed by atoms with Crippen LogP contribution in [0.3, 0.4) is 0 Å². The molecule has 0 atom stereocenters. The molecule has 0 radical (unpaired) electrons. The summed E-state index contributed by atoms with van der Waals surface area (Å²) in [6, 6.07) is 59.6. The van der Waals surface area contributed by atoms with Gasteiger partial charge >= 0.3 is 0 Å². The van der Waals surface area contributed by atoms with Crippen LogP contribution in [0.4, 0.5) is 17.1 Å². The first-order chi connectivity index (χ1) is 21.6. The molecule has 0 saturated heterocycles. The minimum Gasteiger partial charge on any atom is -0.310 e. The summed E-state index contributed by atoms with van der Waals surface area (Å²) in [7, 11) is 0. The van der Waals surface area contributed by atoms with Crippen LogP contribution in [0.5, 0.6) is 0 Å². The van der Waals surface area contributed by atoms with Crippen molar-refractivity contribution in [2.75, 3.05) is 4.90 Å². The molecule has 0 fully saturated rings. The van der Waals surface area contributed by atoms with Crippen LogP contribution in [0.2, 0.25) is 0 Å². The average Bonchev–Trinajstić information content (AvgIpc) is 3.32. The second-order valence-corrected chi connectivity index (χ2v) is 12.2. The molecule has 44 heavy (non-hydrogen) atoms. The van der Waals surface area contributed by atoms with Gasteiger partial charge in [0.25, 0.3) is 0 Å². The summed E-state index contributed by atoms with van der Waals surface area (Å²) in [5, 5.41) is 2.47. The fourth-order valence-electron chi connectivity index (χ4n) is 7.08. The first-order valence-electron chi connectivity index (χ1n) is 15.4. The lowest BCUT2D eigenvalue weighted by Crippen LogP contribution is -2.16. The molecule has 0 amide bonds. The predicted molar refractivity (Wildman–Crippen MR) is 187 cm³/mol. The Morgan fingerprint density at radius 1 is 0.409 bits per heavy atom.